The Balaban J connectivity index is 1.43. The minimum atomic E-state index is -0.460. The predicted molar refractivity (Wildman–Crippen MR) is 124 cm³/mol. The van der Waals surface area contributed by atoms with Crippen LogP contribution in [0.2, 0.25) is 0 Å². The second kappa shape index (κ2) is 8.40. The van der Waals surface area contributed by atoms with E-state index in [0.29, 0.717) is 30.2 Å². The van der Waals surface area contributed by atoms with E-state index < -0.39 is 5.54 Å². The molecule has 0 spiro atoms. The number of carbonyl (C=O) groups is 1. The lowest BCUT2D eigenvalue weighted by atomic mass is 9.58. The zero-order valence-corrected chi connectivity index (χ0v) is 18.8. The third-order valence-electron chi connectivity index (χ3n) is 7.86. The Morgan fingerprint density at radius 1 is 1.10 bits per heavy atom. The number of benzene rings is 2. The number of piperidine rings is 2. The average molecular weight is 418 g/mol. The Morgan fingerprint density at radius 2 is 1.77 bits per heavy atom. The molecule has 3 heterocycles. The molecule has 5 unspecified atom stereocenters. The van der Waals surface area contributed by atoms with Gasteiger partial charge in [0.2, 0.25) is 5.91 Å². The van der Waals surface area contributed by atoms with E-state index in [1.165, 1.54) is 18.4 Å². The van der Waals surface area contributed by atoms with Crippen molar-refractivity contribution in [2.24, 2.45) is 23.7 Å². The summed E-state index contributed by atoms with van der Waals surface area (Å²) in [6, 6.07) is 21.3. The number of hydrogen-bond acceptors (Lipinski definition) is 3. The van der Waals surface area contributed by atoms with Gasteiger partial charge in [-0.2, -0.15) is 0 Å². The number of nitrogens with zero attached hydrogens (tertiary/aromatic N) is 1. The molecule has 3 saturated heterocycles. The van der Waals surface area contributed by atoms with Crippen LogP contribution in [-0.2, 0) is 17.9 Å². The van der Waals surface area contributed by atoms with Crippen LogP contribution in [0.15, 0.2) is 60.7 Å². The zero-order valence-electron chi connectivity index (χ0n) is 18.8. The molecule has 5 atom stereocenters. The van der Waals surface area contributed by atoms with Gasteiger partial charge in [-0.05, 0) is 48.3 Å². The van der Waals surface area contributed by atoms with E-state index in [0.717, 1.165) is 25.2 Å². The maximum absolute atomic E-state index is 13.8. The first-order valence-electron chi connectivity index (χ1n) is 11.9. The largest absolute Gasteiger partial charge is 0.350 e. The van der Waals surface area contributed by atoms with Crippen molar-refractivity contribution >= 4 is 5.91 Å². The number of rotatable bonds is 7. The monoisotopic (exact) mass is 417 g/mol. The molecular formula is C27H35N3O. The van der Waals surface area contributed by atoms with Crippen molar-refractivity contribution in [3.8, 4) is 0 Å². The normalized spacial score (nSPS) is 31.8. The standard InChI is InChI=1S/C27H35N3O/c1-19(2)13-24-22-14-23-18-30(17-21-11-7-4-8-12-21)25(24)27(23,29-16-22)26(31)28-15-20-9-5-3-6-10-20/h3-12,19,22-25,29H,13-18H2,1-2H3,(H,28,31). The molecule has 2 N–H and O–H groups in total. The van der Waals surface area contributed by atoms with Crippen molar-refractivity contribution in [3.05, 3.63) is 71.8 Å². The summed E-state index contributed by atoms with van der Waals surface area (Å²) in [5.41, 5.74) is 2.04. The first kappa shape index (κ1) is 20.7. The van der Waals surface area contributed by atoms with Gasteiger partial charge in [0.05, 0.1) is 0 Å². The van der Waals surface area contributed by atoms with Crippen LogP contribution in [0, 0.1) is 23.7 Å². The Bertz CT molecular complexity index is 899. The zero-order chi connectivity index (χ0) is 21.4. The highest BCUT2D eigenvalue weighted by molar-refractivity contribution is 5.89. The van der Waals surface area contributed by atoms with Crippen LogP contribution >= 0.6 is 0 Å². The van der Waals surface area contributed by atoms with Gasteiger partial charge < -0.3 is 10.6 Å². The van der Waals surface area contributed by atoms with Gasteiger partial charge in [0.25, 0.3) is 0 Å². The van der Waals surface area contributed by atoms with Gasteiger partial charge >= 0.3 is 0 Å². The average Bonchev–Trinajstić information content (AvgIpc) is 3.04. The molecule has 164 valence electrons. The van der Waals surface area contributed by atoms with Crippen LogP contribution < -0.4 is 10.6 Å². The van der Waals surface area contributed by atoms with Crippen LogP contribution in [0.5, 0.6) is 0 Å². The van der Waals surface area contributed by atoms with Crippen LogP contribution in [0.4, 0.5) is 0 Å². The molecule has 4 heteroatoms. The summed E-state index contributed by atoms with van der Waals surface area (Å²) in [7, 11) is 0. The predicted octanol–water partition coefficient (Wildman–Crippen LogP) is 3.83. The molecule has 4 aliphatic rings. The second-order valence-corrected chi connectivity index (χ2v) is 10.3. The van der Waals surface area contributed by atoms with Crippen LogP contribution in [0.25, 0.3) is 0 Å². The smallest absolute Gasteiger partial charge is 0.242 e. The quantitative estimate of drug-likeness (QED) is 0.720. The lowest BCUT2D eigenvalue weighted by Gasteiger charge is -2.56. The van der Waals surface area contributed by atoms with E-state index in [4.69, 9.17) is 0 Å². The van der Waals surface area contributed by atoms with Gasteiger partial charge in [0.15, 0.2) is 0 Å². The summed E-state index contributed by atoms with van der Waals surface area (Å²) in [5.74, 6) is 2.49. The first-order valence-corrected chi connectivity index (χ1v) is 11.9. The Kier molecular flexibility index (Phi) is 5.61. The van der Waals surface area contributed by atoms with E-state index in [2.05, 4.69) is 71.8 Å². The molecule has 2 aromatic rings. The number of hydrogen-bond donors (Lipinski definition) is 2. The number of fused-ring (bicyclic) bond motifs is 1. The molecule has 31 heavy (non-hydrogen) atoms. The molecule has 2 aromatic carbocycles. The SMILES string of the molecule is CC(C)CC1C2CNC3(C(=O)NCc4ccccc4)C(C2)CN(Cc2ccccc2)C13. The molecule has 1 saturated carbocycles. The molecule has 1 amide bonds. The van der Waals surface area contributed by atoms with Crippen molar-refractivity contribution in [1.29, 1.82) is 0 Å². The van der Waals surface area contributed by atoms with Gasteiger partial charge in [0.1, 0.15) is 5.54 Å². The molecule has 4 fully saturated rings. The topological polar surface area (TPSA) is 44.4 Å². The lowest BCUT2D eigenvalue weighted by molar-refractivity contribution is -0.139. The van der Waals surface area contributed by atoms with Gasteiger partial charge in [-0.15, -0.1) is 0 Å². The van der Waals surface area contributed by atoms with E-state index in [1.807, 2.05) is 18.2 Å². The van der Waals surface area contributed by atoms with Crippen molar-refractivity contribution in [3.63, 3.8) is 0 Å². The summed E-state index contributed by atoms with van der Waals surface area (Å²) in [6.45, 7) is 8.16. The highest BCUT2D eigenvalue weighted by Gasteiger charge is 2.67. The fourth-order valence-corrected chi connectivity index (χ4v) is 6.69. The first-order chi connectivity index (χ1) is 15.1. The fraction of sp³-hybridized carbons (Fsp3) is 0.519. The van der Waals surface area contributed by atoms with Crippen LogP contribution in [-0.4, -0.2) is 35.5 Å². The Hall–Kier alpha value is -2.17. The molecule has 0 aromatic heterocycles. The number of likely N-dealkylation sites (tertiary alicyclic amines) is 1. The lowest BCUT2D eigenvalue weighted by Crippen LogP contribution is -2.76. The summed E-state index contributed by atoms with van der Waals surface area (Å²) in [6.07, 6.45) is 2.37. The van der Waals surface area contributed by atoms with Gasteiger partial charge in [-0.3, -0.25) is 9.69 Å². The number of carbonyl (C=O) groups excluding carboxylic acids is 1. The highest BCUT2D eigenvalue weighted by atomic mass is 16.2. The third-order valence-corrected chi connectivity index (χ3v) is 7.86. The van der Waals surface area contributed by atoms with Crippen molar-refractivity contribution < 1.29 is 4.79 Å². The maximum atomic E-state index is 13.8. The molecule has 4 bridgehead atoms. The molecule has 3 aliphatic heterocycles. The molecular weight excluding hydrogens is 382 g/mol. The Labute approximate surface area is 186 Å². The summed E-state index contributed by atoms with van der Waals surface area (Å²) in [4.78, 5) is 16.5. The van der Waals surface area contributed by atoms with E-state index >= 15 is 0 Å². The van der Waals surface area contributed by atoms with E-state index in [1.54, 1.807) is 0 Å². The summed E-state index contributed by atoms with van der Waals surface area (Å²) in [5, 5.41) is 7.11. The van der Waals surface area contributed by atoms with E-state index in [9.17, 15) is 4.79 Å². The summed E-state index contributed by atoms with van der Waals surface area (Å²) < 4.78 is 0. The third kappa shape index (κ3) is 3.70. The van der Waals surface area contributed by atoms with Crippen LogP contribution in [0.1, 0.15) is 37.8 Å². The second-order valence-electron chi connectivity index (χ2n) is 10.3. The van der Waals surface area contributed by atoms with Crippen molar-refractivity contribution in [1.82, 2.24) is 15.5 Å². The van der Waals surface area contributed by atoms with Gasteiger partial charge in [-0.1, -0.05) is 74.5 Å². The molecule has 1 aliphatic carbocycles. The molecule has 0 radical (unpaired) electrons. The fourth-order valence-electron chi connectivity index (χ4n) is 6.69. The maximum Gasteiger partial charge on any atom is 0.242 e. The van der Waals surface area contributed by atoms with Crippen LogP contribution in [0.3, 0.4) is 0 Å². The summed E-state index contributed by atoms with van der Waals surface area (Å²) >= 11 is 0. The highest BCUT2D eigenvalue weighted by Crippen LogP contribution is 2.54. The molecule has 4 nitrogen and oxygen atoms in total. The number of nitrogens with one attached hydrogen (secondary N) is 2. The Morgan fingerprint density at radius 3 is 2.45 bits per heavy atom. The van der Waals surface area contributed by atoms with E-state index in [-0.39, 0.29) is 11.9 Å². The van der Waals surface area contributed by atoms with Gasteiger partial charge in [0, 0.05) is 31.6 Å². The minimum Gasteiger partial charge on any atom is -0.350 e. The molecule has 6 rings (SSSR count). The minimum absolute atomic E-state index is 0.203. The van der Waals surface area contributed by atoms with Crippen molar-refractivity contribution in [2.45, 2.75) is 51.4 Å². The number of amides is 1. The van der Waals surface area contributed by atoms with Crippen molar-refractivity contribution in [2.75, 3.05) is 13.1 Å². The van der Waals surface area contributed by atoms with Gasteiger partial charge in [-0.25, -0.2) is 0 Å².